The highest BCUT2D eigenvalue weighted by Gasteiger charge is 2.12. The molecule has 0 saturated carbocycles. The van der Waals surface area contributed by atoms with Gasteiger partial charge in [-0.3, -0.25) is 5.43 Å². The molecule has 6 nitrogen and oxygen atoms in total. The molecule has 7 heteroatoms. The van der Waals surface area contributed by atoms with E-state index >= 15 is 0 Å². The van der Waals surface area contributed by atoms with Crippen LogP contribution in [0.2, 0.25) is 0 Å². The van der Waals surface area contributed by atoms with E-state index in [1.54, 1.807) is 30.3 Å². The Kier molecular flexibility index (Phi) is 5.86. The Morgan fingerprint density at radius 2 is 1.92 bits per heavy atom. The molecule has 124 valence electrons. The van der Waals surface area contributed by atoms with Crippen molar-refractivity contribution in [2.75, 3.05) is 7.11 Å². The number of rotatable bonds is 5. The molecule has 24 heavy (non-hydrogen) atoms. The number of hydrazone groups is 1. The standard InChI is InChI=1S/C17H17N3O3S/c1-11-3-6-13(7-4-11)16(21)23-15-9-12(5-8-14(15)22-2)10-19-20-17(18)24/h3-10H,1-2H3,(H3,18,20,24)/b19-10+. The van der Waals surface area contributed by atoms with E-state index in [-0.39, 0.29) is 5.11 Å². The van der Waals surface area contributed by atoms with Crippen LogP contribution in [-0.2, 0) is 0 Å². The van der Waals surface area contributed by atoms with Gasteiger partial charge in [0, 0.05) is 0 Å². The van der Waals surface area contributed by atoms with Crippen molar-refractivity contribution in [2.24, 2.45) is 10.8 Å². The SMILES string of the molecule is COc1ccc(/C=N/NC(N)=S)cc1OC(=O)c1ccc(C)cc1. The maximum Gasteiger partial charge on any atom is 0.343 e. The lowest BCUT2D eigenvalue weighted by Crippen LogP contribution is -2.23. The molecule has 0 saturated heterocycles. The summed E-state index contributed by atoms with van der Waals surface area (Å²) in [5.74, 6) is 0.265. The molecule has 2 rings (SSSR count). The number of benzene rings is 2. The van der Waals surface area contributed by atoms with Crippen LogP contribution in [0.3, 0.4) is 0 Å². The highest BCUT2D eigenvalue weighted by atomic mass is 32.1. The summed E-state index contributed by atoms with van der Waals surface area (Å²) < 4.78 is 10.7. The van der Waals surface area contributed by atoms with Crippen LogP contribution in [-0.4, -0.2) is 24.4 Å². The van der Waals surface area contributed by atoms with Gasteiger partial charge in [0.1, 0.15) is 0 Å². The summed E-state index contributed by atoms with van der Waals surface area (Å²) in [5.41, 5.74) is 9.95. The van der Waals surface area contributed by atoms with Crippen molar-refractivity contribution in [3.63, 3.8) is 0 Å². The third kappa shape index (κ3) is 4.79. The second-order valence-corrected chi connectivity index (χ2v) is 5.34. The Bertz CT molecular complexity index is 773. The van der Waals surface area contributed by atoms with Gasteiger partial charge in [0.2, 0.25) is 0 Å². The number of carbonyl (C=O) groups excluding carboxylic acids is 1. The quantitative estimate of drug-likeness (QED) is 0.285. The van der Waals surface area contributed by atoms with Crippen molar-refractivity contribution in [1.82, 2.24) is 5.43 Å². The molecular formula is C17H17N3O3S. The van der Waals surface area contributed by atoms with Gasteiger partial charge in [-0.25, -0.2) is 4.79 Å². The molecule has 0 fully saturated rings. The molecule has 0 aliphatic rings. The second kappa shape index (κ2) is 8.07. The van der Waals surface area contributed by atoms with E-state index in [9.17, 15) is 4.79 Å². The van der Waals surface area contributed by atoms with Crippen molar-refractivity contribution in [3.8, 4) is 11.5 Å². The fraction of sp³-hybridized carbons (Fsp3) is 0.118. The Morgan fingerprint density at radius 1 is 1.21 bits per heavy atom. The van der Waals surface area contributed by atoms with E-state index in [2.05, 4.69) is 22.7 Å². The van der Waals surface area contributed by atoms with Gasteiger partial charge < -0.3 is 15.2 Å². The Labute approximate surface area is 145 Å². The first-order chi connectivity index (χ1) is 11.5. The van der Waals surface area contributed by atoms with Crippen molar-refractivity contribution in [3.05, 3.63) is 59.2 Å². The van der Waals surface area contributed by atoms with Crippen LogP contribution in [0.1, 0.15) is 21.5 Å². The lowest BCUT2D eigenvalue weighted by molar-refractivity contribution is 0.0729. The minimum atomic E-state index is -0.469. The van der Waals surface area contributed by atoms with Gasteiger partial charge in [-0.1, -0.05) is 17.7 Å². The summed E-state index contributed by atoms with van der Waals surface area (Å²) in [6.45, 7) is 1.95. The topological polar surface area (TPSA) is 85.9 Å². The number of aryl methyl sites for hydroxylation is 1. The number of esters is 1. The van der Waals surface area contributed by atoms with Crippen molar-refractivity contribution in [1.29, 1.82) is 0 Å². The van der Waals surface area contributed by atoms with E-state index in [4.69, 9.17) is 15.2 Å². The number of methoxy groups -OCH3 is 1. The molecule has 0 aliphatic carbocycles. The second-order valence-electron chi connectivity index (χ2n) is 4.90. The van der Waals surface area contributed by atoms with Crippen LogP contribution in [0.4, 0.5) is 0 Å². The van der Waals surface area contributed by atoms with Crippen LogP contribution in [0.15, 0.2) is 47.6 Å². The largest absolute Gasteiger partial charge is 0.493 e. The van der Waals surface area contributed by atoms with Crippen molar-refractivity contribution >= 4 is 29.5 Å². The fourth-order valence-electron chi connectivity index (χ4n) is 1.87. The summed E-state index contributed by atoms with van der Waals surface area (Å²) in [4.78, 5) is 12.3. The number of carbonyl (C=O) groups is 1. The van der Waals surface area contributed by atoms with Gasteiger partial charge in [0.15, 0.2) is 16.6 Å². The van der Waals surface area contributed by atoms with E-state index in [0.29, 0.717) is 22.6 Å². The summed E-state index contributed by atoms with van der Waals surface area (Å²) in [5, 5.41) is 3.92. The van der Waals surface area contributed by atoms with Gasteiger partial charge in [0.05, 0.1) is 18.9 Å². The number of ether oxygens (including phenoxy) is 2. The number of hydrogen-bond donors (Lipinski definition) is 2. The first-order valence-corrected chi connectivity index (χ1v) is 7.46. The molecule has 0 radical (unpaired) electrons. The van der Waals surface area contributed by atoms with Crippen LogP contribution in [0, 0.1) is 6.92 Å². The van der Waals surface area contributed by atoms with Crippen LogP contribution >= 0.6 is 12.2 Å². The third-order valence-electron chi connectivity index (χ3n) is 3.07. The van der Waals surface area contributed by atoms with E-state index in [1.807, 2.05) is 19.1 Å². The smallest absolute Gasteiger partial charge is 0.343 e. The maximum atomic E-state index is 12.3. The fourth-order valence-corrected chi connectivity index (χ4v) is 1.92. The summed E-state index contributed by atoms with van der Waals surface area (Å²) in [6.07, 6.45) is 1.50. The maximum absolute atomic E-state index is 12.3. The minimum Gasteiger partial charge on any atom is -0.493 e. The number of nitrogens with two attached hydrogens (primary N) is 1. The first kappa shape index (κ1) is 17.4. The highest BCUT2D eigenvalue weighted by molar-refractivity contribution is 7.80. The number of nitrogens with one attached hydrogen (secondary N) is 1. The zero-order valence-corrected chi connectivity index (χ0v) is 14.1. The zero-order valence-electron chi connectivity index (χ0n) is 13.3. The van der Waals surface area contributed by atoms with Gasteiger partial charge in [-0.15, -0.1) is 0 Å². The minimum absolute atomic E-state index is 0.0609. The van der Waals surface area contributed by atoms with E-state index < -0.39 is 5.97 Å². The third-order valence-corrected chi connectivity index (χ3v) is 3.16. The van der Waals surface area contributed by atoms with Crippen molar-refractivity contribution < 1.29 is 14.3 Å². The van der Waals surface area contributed by atoms with Crippen LogP contribution in [0.5, 0.6) is 11.5 Å². The van der Waals surface area contributed by atoms with Gasteiger partial charge in [-0.05, 0) is 55.0 Å². The lowest BCUT2D eigenvalue weighted by Gasteiger charge is -2.10. The Morgan fingerprint density at radius 3 is 2.54 bits per heavy atom. The van der Waals surface area contributed by atoms with Gasteiger partial charge in [0.25, 0.3) is 0 Å². The summed E-state index contributed by atoms with van der Waals surface area (Å²) >= 11 is 4.66. The molecule has 0 aliphatic heterocycles. The van der Waals surface area contributed by atoms with Crippen molar-refractivity contribution in [2.45, 2.75) is 6.92 Å². The molecular weight excluding hydrogens is 326 g/mol. The molecule has 0 atom stereocenters. The molecule has 0 aromatic heterocycles. The van der Waals surface area contributed by atoms with Crippen LogP contribution in [0.25, 0.3) is 0 Å². The molecule has 2 aromatic rings. The molecule has 2 aromatic carbocycles. The summed E-state index contributed by atoms with van der Waals surface area (Å²) in [7, 11) is 1.50. The van der Waals surface area contributed by atoms with E-state index in [0.717, 1.165) is 5.56 Å². The average Bonchev–Trinajstić information content (AvgIpc) is 2.55. The van der Waals surface area contributed by atoms with E-state index in [1.165, 1.54) is 13.3 Å². The molecule has 0 spiro atoms. The highest BCUT2D eigenvalue weighted by Crippen LogP contribution is 2.28. The number of hydrogen-bond acceptors (Lipinski definition) is 5. The average molecular weight is 343 g/mol. The van der Waals surface area contributed by atoms with Gasteiger partial charge >= 0.3 is 5.97 Å². The lowest BCUT2D eigenvalue weighted by atomic mass is 10.1. The molecule has 0 heterocycles. The summed E-state index contributed by atoms with van der Waals surface area (Å²) in [6, 6.07) is 12.2. The predicted octanol–water partition coefficient (Wildman–Crippen LogP) is 2.39. The number of thiocarbonyl (C=S) groups is 1. The molecule has 0 unspecified atom stereocenters. The van der Waals surface area contributed by atoms with Crippen LogP contribution < -0.4 is 20.6 Å². The number of nitrogens with zero attached hydrogens (tertiary/aromatic N) is 1. The first-order valence-electron chi connectivity index (χ1n) is 7.05. The zero-order chi connectivity index (χ0) is 17.5. The predicted molar refractivity (Wildman–Crippen MR) is 96.6 cm³/mol. The molecule has 0 amide bonds. The Hall–Kier alpha value is -2.93. The molecule has 0 bridgehead atoms. The van der Waals surface area contributed by atoms with Gasteiger partial charge in [-0.2, -0.15) is 5.10 Å². The Balaban J connectivity index is 2.20. The normalized spacial score (nSPS) is 10.4. The monoisotopic (exact) mass is 343 g/mol. The molecule has 3 N–H and O–H groups in total.